The predicted octanol–water partition coefficient (Wildman–Crippen LogP) is 5.59. The number of anilines is 1. The number of rotatable bonds is 5. The zero-order valence-corrected chi connectivity index (χ0v) is 20.3. The van der Waals surface area contributed by atoms with Gasteiger partial charge >= 0.3 is 0 Å². The molecule has 0 N–H and O–H groups in total. The van der Waals surface area contributed by atoms with Crippen LogP contribution in [0.25, 0.3) is 0 Å². The van der Waals surface area contributed by atoms with Crippen molar-refractivity contribution in [2.45, 2.75) is 65.6 Å². The van der Waals surface area contributed by atoms with Gasteiger partial charge in [0.25, 0.3) is 0 Å². The molecule has 6 rings (SSSR count). The molecule has 172 valence electrons. The summed E-state index contributed by atoms with van der Waals surface area (Å²) in [5.41, 5.74) is 3.68. The van der Waals surface area contributed by atoms with Crippen molar-refractivity contribution in [2.24, 2.45) is 17.3 Å². The van der Waals surface area contributed by atoms with Gasteiger partial charge < -0.3 is 0 Å². The highest BCUT2D eigenvalue weighted by atomic mass is 16.2. The Morgan fingerprint density at radius 1 is 0.818 bits per heavy atom. The molecule has 2 aromatic carbocycles. The summed E-state index contributed by atoms with van der Waals surface area (Å²) >= 11 is 0. The monoisotopic (exact) mass is 442 g/mol. The van der Waals surface area contributed by atoms with Crippen molar-refractivity contribution >= 4 is 17.5 Å². The van der Waals surface area contributed by atoms with Crippen molar-refractivity contribution in [2.75, 3.05) is 4.90 Å². The van der Waals surface area contributed by atoms with E-state index in [9.17, 15) is 9.59 Å². The van der Waals surface area contributed by atoms with Crippen molar-refractivity contribution in [3.63, 3.8) is 0 Å². The molecule has 4 nitrogen and oxygen atoms in total. The van der Waals surface area contributed by atoms with Gasteiger partial charge in [-0.2, -0.15) is 0 Å². The van der Waals surface area contributed by atoms with Crippen LogP contribution in [0.4, 0.5) is 5.69 Å². The molecule has 3 aliphatic heterocycles. The Labute approximate surface area is 197 Å². The van der Waals surface area contributed by atoms with E-state index in [1.807, 2.05) is 36.4 Å². The first kappa shape index (κ1) is 22.1. The lowest BCUT2D eigenvalue weighted by Crippen LogP contribution is -2.74. The molecule has 2 saturated heterocycles. The van der Waals surface area contributed by atoms with E-state index in [4.69, 9.17) is 0 Å². The summed E-state index contributed by atoms with van der Waals surface area (Å²) < 4.78 is 0. The maximum Gasteiger partial charge on any atom is 0.239 e. The minimum absolute atomic E-state index is 0.0195. The number of benzene rings is 2. The second-order valence-electron chi connectivity index (χ2n) is 10.1. The van der Waals surface area contributed by atoms with Gasteiger partial charge in [0.05, 0.1) is 23.1 Å². The third-order valence-corrected chi connectivity index (χ3v) is 9.24. The standard InChI is InChI=1S/C29H34N2O2/c1-6-23-29(7-2)20(4)19(3)28(5,30(23)18-21-14-10-8-11-15-21)24-25(29)27(33)31(26(24)32)22-16-12-9-13-17-22/h8-17,23-25H,6-7,18H2,1-5H3/t23-,24-,25+,28+,29+/m1/s1. The molecule has 2 aromatic rings. The quantitative estimate of drug-likeness (QED) is 0.448. The van der Waals surface area contributed by atoms with Crippen molar-refractivity contribution in [1.29, 1.82) is 0 Å². The number of imide groups is 1. The van der Waals surface area contributed by atoms with Crippen LogP contribution in [0.5, 0.6) is 0 Å². The van der Waals surface area contributed by atoms with Gasteiger partial charge in [0.1, 0.15) is 0 Å². The molecule has 0 unspecified atom stereocenters. The van der Waals surface area contributed by atoms with E-state index >= 15 is 0 Å². The van der Waals surface area contributed by atoms with Crippen LogP contribution in [-0.2, 0) is 16.1 Å². The third-order valence-electron chi connectivity index (χ3n) is 9.24. The Bertz CT molecular complexity index is 1120. The zero-order chi connectivity index (χ0) is 23.5. The summed E-state index contributed by atoms with van der Waals surface area (Å²) in [5, 5.41) is 0. The number of nitrogens with zero attached hydrogens (tertiary/aromatic N) is 2. The number of carbonyl (C=O) groups is 2. The topological polar surface area (TPSA) is 40.6 Å². The van der Waals surface area contributed by atoms with Gasteiger partial charge in [0.2, 0.25) is 11.8 Å². The number of carbonyl (C=O) groups excluding carboxylic acids is 2. The molecule has 0 spiro atoms. The Hall–Kier alpha value is -2.72. The number of hydrogen-bond acceptors (Lipinski definition) is 3. The van der Waals surface area contributed by atoms with Gasteiger partial charge in [0.15, 0.2) is 0 Å². The molecule has 33 heavy (non-hydrogen) atoms. The van der Waals surface area contributed by atoms with Crippen LogP contribution >= 0.6 is 0 Å². The molecule has 4 aliphatic rings. The van der Waals surface area contributed by atoms with Gasteiger partial charge in [0, 0.05) is 18.0 Å². The Balaban J connectivity index is 1.72. The van der Waals surface area contributed by atoms with E-state index < -0.39 is 5.54 Å². The lowest BCUT2D eigenvalue weighted by Gasteiger charge is -2.67. The van der Waals surface area contributed by atoms with Crippen LogP contribution in [-0.4, -0.2) is 28.3 Å². The number of fused-ring (bicyclic) bond motifs is 1. The fourth-order valence-corrected chi connectivity index (χ4v) is 7.59. The molecule has 2 amide bonds. The summed E-state index contributed by atoms with van der Waals surface area (Å²) in [6, 6.07) is 20.2. The fourth-order valence-electron chi connectivity index (χ4n) is 7.59. The van der Waals surface area contributed by atoms with E-state index in [1.54, 1.807) is 0 Å². The largest absolute Gasteiger partial charge is 0.285 e. The maximum atomic E-state index is 14.1. The van der Waals surface area contributed by atoms with Crippen molar-refractivity contribution in [3.05, 3.63) is 77.4 Å². The Morgan fingerprint density at radius 3 is 1.97 bits per heavy atom. The van der Waals surface area contributed by atoms with E-state index in [0.717, 1.165) is 19.4 Å². The summed E-state index contributed by atoms with van der Waals surface area (Å²) in [7, 11) is 0. The third kappa shape index (κ3) is 2.67. The molecular formula is C29H34N2O2. The van der Waals surface area contributed by atoms with Gasteiger partial charge in [-0.05, 0) is 51.3 Å². The van der Waals surface area contributed by atoms with E-state index in [2.05, 4.69) is 63.8 Å². The Kier molecular flexibility index (Phi) is 5.13. The SMILES string of the molecule is CC[C@H]1N(Cc2ccccc2)[C@@]2(C)C(C)=C(C)[C@]1(CC)[C@@H]1C(=O)N(c3ccccc3)C(=O)[C@@H]12. The van der Waals surface area contributed by atoms with Gasteiger partial charge in [-0.3, -0.25) is 14.5 Å². The molecule has 0 saturated carbocycles. The summed E-state index contributed by atoms with van der Waals surface area (Å²) in [4.78, 5) is 32.2. The second-order valence-corrected chi connectivity index (χ2v) is 10.1. The first-order valence-electron chi connectivity index (χ1n) is 12.3. The molecule has 1 aliphatic carbocycles. The summed E-state index contributed by atoms with van der Waals surface area (Å²) in [5.74, 6) is -0.758. The minimum Gasteiger partial charge on any atom is -0.285 e. The first-order chi connectivity index (χ1) is 15.8. The van der Waals surface area contributed by atoms with Gasteiger partial charge in [-0.25, -0.2) is 4.90 Å². The summed E-state index contributed by atoms with van der Waals surface area (Å²) in [6.45, 7) is 11.8. The van der Waals surface area contributed by atoms with Gasteiger partial charge in [-0.1, -0.05) is 73.5 Å². The first-order valence-corrected chi connectivity index (χ1v) is 12.3. The van der Waals surface area contributed by atoms with Crippen LogP contribution in [0.3, 0.4) is 0 Å². The van der Waals surface area contributed by atoms with Crippen molar-refractivity contribution in [1.82, 2.24) is 4.90 Å². The smallest absolute Gasteiger partial charge is 0.239 e. The van der Waals surface area contributed by atoms with Crippen LogP contribution in [0, 0.1) is 17.3 Å². The number of para-hydroxylation sites is 1. The second kappa shape index (κ2) is 7.66. The van der Waals surface area contributed by atoms with Gasteiger partial charge in [-0.15, -0.1) is 0 Å². The Morgan fingerprint density at radius 2 is 1.39 bits per heavy atom. The molecule has 4 heteroatoms. The molecule has 3 heterocycles. The lowest BCUT2D eigenvalue weighted by atomic mass is 9.46. The van der Waals surface area contributed by atoms with Crippen LogP contribution in [0.15, 0.2) is 71.8 Å². The average Bonchev–Trinajstić information content (AvgIpc) is 3.11. The molecule has 0 aromatic heterocycles. The fraction of sp³-hybridized carbons (Fsp3) is 0.448. The van der Waals surface area contributed by atoms with E-state index in [1.165, 1.54) is 21.6 Å². The van der Waals surface area contributed by atoms with E-state index in [-0.39, 0.29) is 35.1 Å². The number of piperidine rings is 1. The summed E-state index contributed by atoms with van der Waals surface area (Å²) in [6.07, 6.45) is 1.79. The molecule has 2 fully saturated rings. The lowest BCUT2D eigenvalue weighted by molar-refractivity contribution is -0.161. The maximum absolute atomic E-state index is 14.1. The molecule has 2 bridgehead atoms. The average molecular weight is 443 g/mol. The zero-order valence-electron chi connectivity index (χ0n) is 20.3. The molecule has 5 atom stereocenters. The van der Waals surface area contributed by atoms with Crippen LogP contribution < -0.4 is 4.90 Å². The molecule has 0 radical (unpaired) electrons. The van der Waals surface area contributed by atoms with Crippen molar-refractivity contribution < 1.29 is 9.59 Å². The highest BCUT2D eigenvalue weighted by Gasteiger charge is 2.74. The van der Waals surface area contributed by atoms with Crippen molar-refractivity contribution in [3.8, 4) is 0 Å². The van der Waals surface area contributed by atoms with Crippen LogP contribution in [0.1, 0.15) is 53.0 Å². The van der Waals surface area contributed by atoms with E-state index in [0.29, 0.717) is 5.69 Å². The minimum atomic E-state index is -0.502. The highest BCUT2D eigenvalue weighted by molar-refractivity contribution is 6.23. The normalized spacial score (nSPS) is 33.7. The highest BCUT2D eigenvalue weighted by Crippen LogP contribution is 2.66. The number of hydrogen-bond donors (Lipinski definition) is 0. The van der Waals surface area contributed by atoms with Crippen LogP contribution in [0.2, 0.25) is 0 Å². The number of amides is 2. The molecular weight excluding hydrogens is 408 g/mol. The predicted molar refractivity (Wildman–Crippen MR) is 131 cm³/mol.